The van der Waals surface area contributed by atoms with Crippen LogP contribution in [-0.2, 0) is 0 Å². The third-order valence-corrected chi connectivity index (χ3v) is 14.6. The van der Waals surface area contributed by atoms with Gasteiger partial charge in [-0.15, -0.1) is 11.3 Å². The molecule has 0 N–H and O–H groups in total. The zero-order valence-electron chi connectivity index (χ0n) is 27.4. The van der Waals surface area contributed by atoms with Crippen molar-refractivity contribution in [2.75, 3.05) is 0 Å². The van der Waals surface area contributed by atoms with Crippen molar-refractivity contribution >= 4 is 114 Å². The summed E-state index contributed by atoms with van der Waals surface area (Å²) in [6.45, 7) is 0. The first-order valence-corrected chi connectivity index (χ1v) is 20.0. The molecule has 0 amide bonds. The van der Waals surface area contributed by atoms with Gasteiger partial charge < -0.3 is 0 Å². The summed E-state index contributed by atoms with van der Waals surface area (Å²) in [7, 11) is 0. The SMILES string of the molecule is c1cc(-c2ccc3c(c2)c2cccc4c5ccccc5c5cccc6sc7cccc(c7c65)n3c42)cc(-c2cccc3c2[se]c2ccccc23)c1. The van der Waals surface area contributed by atoms with E-state index in [4.69, 9.17) is 0 Å². The van der Waals surface area contributed by atoms with Crippen LogP contribution < -0.4 is 0 Å². The van der Waals surface area contributed by atoms with Crippen LogP contribution in [0.15, 0.2) is 164 Å². The summed E-state index contributed by atoms with van der Waals surface area (Å²) in [5, 5.41) is 13.2. The molecule has 51 heavy (non-hydrogen) atoms. The number of aromatic nitrogens is 1. The van der Waals surface area contributed by atoms with Gasteiger partial charge in [-0.1, -0.05) is 42.5 Å². The molecule has 4 aromatic heterocycles. The van der Waals surface area contributed by atoms with E-state index in [1.165, 1.54) is 111 Å². The molecule has 0 aliphatic carbocycles. The first kappa shape index (κ1) is 28.0. The van der Waals surface area contributed by atoms with Gasteiger partial charge in [-0.3, -0.25) is 0 Å². The molecule has 0 spiro atoms. The van der Waals surface area contributed by atoms with E-state index >= 15 is 0 Å². The molecule has 0 aliphatic rings. The number of fused-ring (bicyclic) bond motifs is 10. The first-order valence-electron chi connectivity index (χ1n) is 17.4. The molecule has 12 rings (SSSR count). The second-order valence-electron chi connectivity index (χ2n) is 13.6. The quantitative estimate of drug-likeness (QED) is 0.156. The van der Waals surface area contributed by atoms with Crippen molar-refractivity contribution in [3.63, 3.8) is 0 Å². The molecule has 12 aromatic rings. The van der Waals surface area contributed by atoms with E-state index in [9.17, 15) is 0 Å². The van der Waals surface area contributed by atoms with Gasteiger partial charge in [0.1, 0.15) is 0 Å². The van der Waals surface area contributed by atoms with E-state index in [2.05, 4.69) is 168 Å². The number of para-hydroxylation sites is 1. The van der Waals surface area contributed by atoms with Gasteiger partial charge in [0.05, 0.1) is 0 Å². The predicted molar refractivity (Wildman–Crippen MR) is 223 cm³/mol. The fourth-order valence-corrected chi connectivity index (χ4v) is 12.5. The second-order valence-corrected chi connectivity index (χ2v) is 16.9. The van der Waals surface area contributed by atoms with Gasteiger partial charge in [-0.2, -0.15) is 0 Å². The van der Waals surface area contributed by atoms with E-state index < -0.39 is 0 Å². The number of hydrogen-bond donors (Lipinski definition) is 0. The van der Waals surface area contributed by atoms with Crippen molar-refractivity contribution in [2.45, 2.75) is 0 Å². The maximum absolute atomic E-state index is 2.56. The van der Waals surface area contributed by atoms with Gasteiger partial charge >= 0.3 is 213 Å². The van der Waals surface area contributed by atoms with Gasteiger partial charge in [0.25, 0.3) is 0 Å². The van der Waals surface area contributed by atoms with Crippen molar-refractivity contribution in [3.8, 4) is 22.3 Å². The zero-order valence-corrected chi connectivity index (χ0v) is 29.9. The minimum atomic E-state index is 0.301. The van der Waals surface area contributed by atoms with Crippen LogP contribution in [0.3, 0.4) is 0 Å². The summed E-state index contributed by atoms with van der Waals surface area (Å²) in [6, 6.07) is 61.6. The average molecular weight is 729 g/mol. The second kappa shape index (κ2) is 10.4. The Morgan fingerprint density at radius 3 is 1.92 bits per heavy atom. The summed E-state index contributed by atoms with van der Waals surface area (Å²) < 4.78 is 8.19. The Hall–Kier alpha value is -5.70. The van der Waals surface area contributed by atoms with Crippen molar-refractivity contribution in [1.29, 1.82) is 0 Å². The van der Waals surface area contributed by atoms with E-state index in [0.717, 1.165) is 0 Å². The molecule has 0 unspecified atom stereocenters. The molecule has 0 radical (unpaired) electrons. The van der Waals surface area contributed by atoms with Crippen LogP contribution in [0.2, 0.25) is 0 Å². The molecular weight excluding hydrogens is 702 g/mol. The molecule has 0 atom stereocenters. The molecule has 3 heteroatoms. The van der Waals surface area contributed by atoms with Crippen LogP contribution in [-0.4, -0.2) is 18.9 Å². The van der Waals surface area contributed by atoms with Crippen LogP contribution >= 0.6 is 11.3 Å². The number of benzene rings is 8. The topological polar surface area (TPSA) is 4.41 Å². The number of hydrogen-bond acceptors (Lipinski definition) is 1. The molecule has 0 saturated carbocycles. The summed E-state index contributed by atoms with van der Waals surface area (Å²) in [5.41, 5.74) is 8.89. The van der Waals surface area contributed by atoms with Gasteiger partial charge in [0, 0.05) is 14.8 Å². The zero-order chi connectivity index (χ0) is 33.2. The number of nitrogens with zero attached hydrogens (tertiary/aromatic N) is 1. The van der Waals surface area contributed by atoms with Crippen LogP contribution in [0.5, 0.6) is 0 Å². The molecule has 0 fully saturated rings. The van der Waals surface area contributed by atoms with Crippen molar-refractivity contribution < 1.29 is 0 Å². The average Bonchev–Trinajstić information content (AvgIpc) is 3.88. The Labute approximate surface area is 303 Å². The van der Waals surface area contributed by atoms with Crippen molar-refractivity contribution in [2.24, 2.45) is 0 Å². The molecule has 0 saturated heterocycles. The number of thiophene rings is 1. The summed E-state index contributed by atoms with van der Waals surface area (Å²) >= 11 is 2.20. The molecule has 1 nitrogen and oxygen atoms in total. The molecule has 0 aliphatic heterocycles. The van der Waals surface area contributed by atoms with E-state index in [0.29, 0.717) is 14.5 Å². The van der Waals surface area contributed by atoms with Gasteiger partial charge in [0.15, 0.2) is 0 Å². The predicted octanol–water partition coefficient (Wildman–Crippen LogP) is 13.6. The summed E-state index contributed by atoms with van der Waals surface area (Å²) in [6.07, 6.45) is 0. The maximum atomic E-state index is 2.56. The van der Waals surface area contributed by atoms with Crippen LogP contribution in [0.25, 0.3) is 111 Å². The molecular formula is C48H27NSSe. The normalized spacial score (nSPS) is 12.3. The van der Waals surface area contributed by atoms with E-state index in [1.54, 1.807) is 0 Å². The van der Waals surface area contributed by atoms with Gasteiger partial charge in [-0.25, -0.2) is 0 Å². The Balaban J connectivity index is 1.17. The van der Waals surface area contributed by atoms with E-state index in [1.807, 2.05) is 11.3 Å². The third kappa shape index (κ3) is 3.86. The molecule has 8 aromatic carbocycles. The van der Waals surface area contributed by atoms with E-state index in [-0.39, 0.29) is 0 Å². The van der Waals surface area contributed by atoms with Crippen LogP contribution in [0.4, 0.5) is 0 Å². The standard InChI is InChI=1S/C48H27NSSe/c1-2-13-33-32(12-1)35-16-8-21-42-45(35)46-41(20-9-22-43(46)50-42)49-40-25-24-29(27-39(40)37-18-7-17-36(33)47(37)49)28-10-5-11-30(26-28)31-15-6-19-38-34-14-3-4-23-44(34)51-48(31)38/h1-27H. The molecule has 0 bridgehead atoms. The minimum absolute atomic E-state index is 0.301. The fraction of sp³-hybridized carbons (Fsp3) is 0. The van der Waals surface area contributed by atoms with Crippen molar-refractivity contribution in [3.05, 3.63) is 164 Å². The summed E-state index contributed by atoms with van der Waals surface area (Å²) in [4.78, 5) is 0. The molecule has 4 heterocycles. The molecule has 236 valence electrons. The third-order valence-electron chi connectivity index (χ3n) is 10.9. The fourth-order valence-electron chi connectivity index (χ4n) is 8.77. The summed E-state index contributed by atoms with van der Waals surface area (Å²) in [5.74, 6) is 0. The van der Waals surface area contributed by atoms with Gasteiger partial charge in [0.2, 0.25) is 0 Å². The Morgan fingerprint density at radius 1 is 0.392 bits per heavy atom. The Bertz CT molecular complexity index is 3430. The Kier molecular flexibility index (Phi) is 5.73. The first-order chi connectivity index (χ1) is 25.3. The Morgan fingerprint density at radius 2 is 1.02 bits per heavy atom. The van der Waals surface area contributed by atoms with Gasteiger partial charge in [-0.05, 0) is 22.9 Å². The number of rotatable bonds is 2. The monoisotopic (exact) mass is 729 g/mol. The van der Waals surface area contributed by atoms with Crippen LogP contribution in [0.1, 0.15) is 0 Å². The van der Waals surface area contributed by atoms with Crippen molar-refractivity contribution in [1.82, 2.24) is 4.40 Å². The van der Waals surface area contributed by atoms with Crippen LogP contribution in [0, 0.1) is 0 Å².